The lowest BCUT2D eigenvalue weighted by atomic mass is 10.3. The number of carbonyl (C=O) groups excluding carboxylic acids is 1. The summed E-state index contributed by atoms with van der Waals surface area (Å²) in [4.78, 5) is 13.6. The number of rotatable bonds is 6. The van der Waals surface area contributed by atoms with Crippen LogP contribution in [0.25, 0.3) is 0 Å². The predicted octanol–water partition coefficient (Wildman–Crippen LogP) is 0.588. The summed E-state index contributed by atoms with van der Waals surface area (Å²) in [6.45, 7) is 5.42. The summed E-state index contributed by atoms with van der Waals surface area (Å²) in [5.41, 5.74) is 0.336. The Labute approximate surface area is 108 Å². The van der Waals surface area contributed by atoms with Gasteiger partial charge in [-0.2, -0.15) is 0 Å². The second-order valence-corrected chi connectivity index (χ2v) is 4.47. The molecule has 6 heteroatoms. The number of nitrogens with one attached hydrogen (secondary N) is 2. The van der Waals surface area contributed by atoms with Gasteiger partial charge in [-0.25, -0.2) is 0 Å². The summed E-state index contributed by atoms with van der Waals surface area (Å²) in [6, 6.07) is 3.71. The van der Waals surface area contributed by atoms with Crippen molar-refractivity contribution >= 4 is 11.7 Å². The SMILES string of the molecule is CCNC(=O)c1ccc(NC(C)CN(C)C)nn1. The van der Waals surface area contributed by atoms with E-state index in [9.17, 15) is 4.79 Å². The molecule has 100 valence electrons. The van der Waals surface area contributed by atoms with Gasteiger partial charge in [0, 0.05) is 19.1 Å². The van der Waals surface area contributed by atoms with E-state index >= 15 is 0 Å². The summed E-state index contributed by atoms with van der Waals surface area (Å²) in [5, 5.41) is 13.8. The molecule has 0 aliphatic heterocycles. The number of nitrogens with zero attached hydrogens (tertiary/aromatic N) is 3. The molecule has 18 heavy (non-hydrogen) atoms. The lowest BCUT2D eigenvalue weighted by molar-refractivity contribution is 0.0950. The number of amides is 1. The fourth-order valence-electron chi connectivity index (χ4n) is 1.63. The highest BCUT2D eigenvalue weighted by Crippen LogP contribution is 2.04. The Kier molecular flexibility index (Phi) is 5.51. The number of anilines is 1. The Balaban J connectivity index is 2.57. The van der Waals surface area contributed by atoms with Crippen LogP contribution >= 0.6 is 0 Å². The number of aromatic nitrogens is 2. The van der Waals surface area contributed by atoms with Crippen molar-refractivity contribution in [3.05, 3.63) is 17.8 Å². The van der Waals surface area contributed by atoms with Crippen LogP contribution in [-0.2, 0) is 0 Å². The molecular formula is C12H21N5O. The maximum atomic E-state index is 11.5. The van der Waals surface area contributed by atoms with Crippen molar-refractivity contribution in [1.29, 1.82) is 0 Å². The van der Waals surface area contributed by atoms with E-state index in [0.717, 1.165) is 6.54 Å². The van der Waals surface area contributed by atoms with Crippen LogP contribution < -0.4 is 10.6 Å². The van der Waals surface area contributed by atoms with Crippen molar-refractivity contribution in [2.45, 2.75) is 19.9 Å². The summed E-state index contributed by atoms with van der Waals surface area (Å²) in [7, 11) is 4.03. The summed E-state index contributed by atoms with van der Waals surface area (Å²) in [6.07, 6.45) is 0. The first-order chi connectivity index (χ1) is 8.52. The minimum Gasteiger partial charge on any atom is -0.365 e. The van der Waals surface area contributed by atoms with Crippen molar-refractivity contribution in [3.63, 3.8) is 0 Å². The van der Waals surface area contributed by atoms with Crippen molar-refractivity contribution in [2.75, 3.05) is 32.5 Å². The molecule has 0 saturated carbocycles. The van der Waals surface area contributed by atoms with Crippen LogP contribution in [0.5, 0.6) is 0 Å². The van der Waals surface area contributed by atoms with E-state index < -0.39 is 0 Å². The maximum Gasteiger partial charge on any atom is 0.271 e. The van der Waals surface area contributed by atoms with Gasteiger partial charge in [-0.15, -0.1) is 10.2 Å². The molecule has 6 nitrogen and oxygen atoms in total. The maximum absolute atomic E-state index is 11.5. The standard InChI is InChI=1S/C12H21N5O/c1-5-13-12(18)10-6-7-11(16-15-10)14-9(2)8-17(3)4/h6-7,9H,5,8H2,1-4H3,(H,13,18)(H,14,16). The molecule has 0 fully saturated rings. The van der Waals surface area contributed by atoms with E-state index in [1.54, 1.807) is 12.1 Å². The van der Waals surface area contributed by atoms with E-state index in [1.807, 2.05) is 21.0 Å². The molecule has 0 aliphatic rings. The van der Waals surface area contributed by atoms with E-state index in [0.29, 0.717) is 18.1 Å². The zero-order valence-corrected chi connectivity index (χ0v) is 11.4. The summed E-state index contributed by atoms with van der Waals surface area (Å²) < 4.78 is 0. The third kappa shape index (κ3) is 4.67. The molecule has 1 rings (SSSR count). The van der Waals surface area contributed by atoms with Crippen LogP contribution in [0.15, 0.2) is 12.1 Å². The minimum atomic E-state index is -0.196. The van der Waals surface area contributed by atoms with E-state index in [-0.39, 0.29) is 11.9 Å². The third-order valence-corrected chi connectivity index (χ3v) is 2.27. The van der Waals surface area contributed by atoms with Gasteiger partial charge in [0.05, 0.1) is 0 Å². The van der Waals surface area contributed by atoms with Crippen LogP contribution in [0.1, 0.15) is 24.3 Å². The molecule has 0 spiro atoms. The largest absolute Gasteiger partial charge is 0.365 e. The fourth-order valence-corrected chi connectivity index (χ4v) is 1.63. The quantitative estimate of drug-likeness (QED) is 0.774. The first-order valence-electron chi connectivity index (χ1n) is 6.06. The number of likely N-dealkylation sites (N-methyl/N-ethyl adjacent to an activating group) is 1. The van der Waals surface area contributed by atoms with Gasteiger partial charge in [0.25, 0.3) is 5.91 Å². The van der Waals surface area contributed by atoms with Gasteiger partial charge in [0.15, 0.2) is 5.69 Å². The summed E-state index contributed by atoms with van der Waals surface area (Å²) in [5.74, 6) is 0.482. The summed E-state index contributed by atoms with van der Waals surface area (Å²) >= 11 is 0. The fraction of sp³-hybridized carbons (Fsp3) is 0.583. The van der Waals surface area contributed by atoms with E-state index in [2.05, 4.69) is 32.7 Å². The molecule has 1 amide bonds. The molecule has 0 bridgehead atoms. The zero-order valence-electron chi connectivity index (χ0n) is 11.4. The Bertz CT molecular complexity index is 377. The minimum absolute atomic E-state index is 0.196. The monoisotopic (exact) mass is 251 g/mol. The molecule has 1 unspecified atom stereocenters. The molecular weight excluding hydrogens is 230 g/mol. The molecule has 1 aromatic heterocycles. The molecule has 0 aromatic carbocycles. The Morgan fingerprint density at radius 2 is 2.11 bits per heavy atom. The number of carbonyl (C=O) groups is 1. The first kappa shape index (κ1) is 14.4. The van der Waals surface area contributed by atoms with E-state index in [1.165, 1.54) is 0 Å². The molecule has 0 saturated heterocycles. The van der Waals surface area contributed by atoms with E-state index in [4.69, 9.17) is 0 Å². The number of hydrogen-bond donors (Lipinski definition) is 2. The number of hydrogen-bond acceptors (Lipinski definition) is 5. The van der Waals surface area contributed by atoms with Gasteiger partial charge < -0.3 is 15.5 Å². The lowest BCUT2D eigenvalue weighted by Crippen LogP contribution is -2.30. The molecule has 1 atom stereocenters. The topological polar surface area (TPSA) is 70.2 Å². The van der Waals surface area contributed by atoms with Crippen LogP contribution in [-0.4, -0.2) is 54.2 Å². The Morgan fingerprint density at radius 1 is 1.39 bits per heavy atom. The highest BCUT2D eigenvalue weighted by atomic mass is 16.1. The first-order valence-corrected chi connectivity index (χ1v) is 6.06. The van der Waals surface area contributed by atoms with Crippen molar-refractivity contribution in [2.24, 2.45) is 0 Å². The van der Waals surface area contributed by atoms with Gasteiger partial charge >= 0.3 is 0 Å². The second-order valence-electron chi connectivity index (χ2n) is 4.47. The second kappa shape index (κ2) is 6.90. The Morgan fingerprint density at radius 3 is 2.61 bits per heavy atom. The highest BCUT2D eigenvalue weighted by Gasteiger charge is 2.08. The van der Waals surface area contributed by atoms with Crippen molar-refractivity contribution < 1.29 is 4.79 Å². The van der Waals surface area contributed by atoms with Crippen LogP contribution in [0, 0.1) is 0 Å². The van der Waals surface area contributed by atoms with Gasteiger partial charge in [-0.05, 0) is 40.1 Å². The molecule has 1 heterocycles. The average molecular weight is 251 g/mol. The molecule has 2 N–H and O–H groups in total. The molecule has 0 radical (unpaired) electrons. The highest BCUT2D eigenvalue weighted by molar-refractivity contribution is 5.92. The van der Waals surface area contributed by atoms with Gasteiger partial charge in [-0.3, -0.25) is 4.79 Å². The van der Waals surface area contributed by atoms with Crippen molar-refractivity contribution in [1.82, 2.24) is 20.4 Å². The van der Waals surface area contributed by atoms with Gasteiger partial charge in [-0.1, -0.05) is 0 Å². The lowest BCUT2D eigenvalue weighted by Gasteiger charge is -2.18. The van der Waals surface area contributed by atoms with Crippen LogP contribution in [0.4, 0.5) is 5.82 Å². The van der Waals surface area contributed by atoms with Crippen LogP contribution in [0.3, 0.4) is 0 Å². The average Bonchev–Trinajstić information content (AvgIpc) is 2.29. The normalized spacial score (nSPS) is 12.3. The third-order valence-electron chi connectivity index (χ3n) is 2.27. The van der Waals surface area contributed by atoms with Gasteiger partial charge in [0.1, 0.15) is 5.82 Å². The Hall–Kier alpha value is -1.69. The van der Waals surface area contributed by atoms with Gasteiger partial charge in [0.2, 0.25) is 0 Å². The predicted molar refractivity (Wildman–Crippen MR) is 71.7 cm³/mol. The smallest absolute Gasteiger partial charge is 0.271 e. The molecule has 0 aliphatic carbocycles. The van der Waals surface area contributed by atoms with Crippen molar-refractivity contribution in [3.8, 4) is 0 Å². The zero-order chi connectivity index (χ0) is 13.5. The van der Waals surface area contributed by atoms with Crippen LogP contribution in [0.2, 0.25) is 0 Å². The molecule has 1 aromatic rings.